The highest BCUT2D eigenvalue weighted by Crippen LogP contribution is 2.20. The van der Waals surface area contributed by atoms with Crippen molar-refractivity contribution < 1.29 is 14.6 Å². The highest BCUT2D eigenvalue weighted by molar-refractivity contribution is 6.28. The van der Waals surface area contributed by atoms with Gasteiger partial charge in [0.15, 0.2) is 0 Å². The third kappa shape index (κ3) is 3.70. The van der Waals surface area contributed by atoms with Gasteiger partial charge >= 0.3 is 0 Å². The molecular formula is C12H18ClN5O3. The Morgan fingerprint density at radius 1 is 1.19 bits per heavy atom. The van der Waals surface area contributed by atoms with E-state index in [4.69, 9.17) is 21.1 Å². The van der Waals surface area contributed by atoms with E-state index in [1.54, 1.807) is 0 Å². The van der Waals surface area contributed by atoms with E-state index < -0.39 is 5.60 Å². The lowest BCUT2D eigenvalue weighted by molar-refractivity contribution is 0.0380. The maximum absolute atomic E-state index is 10.2. The summed E-state index contributed by atoms with van der Waals surface area (Å²) < 4.78 is 10.5. The van der Waals surface area contributed by atoms with Crippen LogP contribution in [0.4, 0.5) is 11.9 Å². The number of morpholine rings is 1. The number of anilines is 2. The Balaban J connectivity index is 1.68. The van der Waals surface area contributed by atoms with E-state index in [0.717, 1.165) is 13.1 Å². The second-order valence-corrected chi connectivity index (χ2v) is 5.55. The van der Waals surface area contributed by atoms with Crippen molar-refractivity contribution in [2.24, 2.45) is 0 Å². The molecule has 2 aliphatic heterocycles. The standard InChI is InChI=1S/C12H18ClN5O3/c13-9-15-10(14-7-12(19)1-4-21-8-12)17-11(16-9)18-2-5-20-6-3-18/h19H,1-8H2,(H,14,15,16,17). The lowest BCUT2D eigenvalue weighted by Crippen LogP contribution is -2.39. The Kier molecular flexibility index (Phi) is 4.39. The van der Waals surface area contributed by atoms with Crippen LogP contribution in [-0.2, 0) is 9.47 Å². The number of aliphatic hydroxyl groups is 1. The second-order valence-electron chi connectivity index (χ2n) is 5.21. The number of aromatic nitrogens is 3. The van der Waals surface area contributed by atoms with Crippen molar-refractivity contribution in [1.82, 2.24) is 15.0 Å². The quantitative estimate of drug-likeness (QED) is 0.797. The molecule has 0 aromatic carbocycles. The second kappa shape index (κ2) is 6.27. The fourth-order valence-corrected chi connectivity index (χ4v) is 2.46. The molecular weight excluding hydrogens is 298 g/mol. The molecule has 1 aromatic heterocycles. The predicted molar refractivity (Wildman–Crippen MR) is 76.7 cm³/mol. The van der Waals surface area contributed by atoms with Crippen LogP contribution in [-0.4, -0.2) is 71.7 Å². The number of hydrogen-bond donors (Lipinski definition) is 2. The molecule has 0 bridgehead atoms. The van der Waals surface area contributed by atoms with E-state index in [2.05, 4.69) is 20.3 Å². The molecule has 2 fully saturated rings. The molecule has 0 spiro atoms. The summed E-state index contributed by atoms with van der Waals surface area (Å²) in [6.07, 6.45) is 0.592. The van der Waals surface area contributed by atoms with Crippen molar-refractivity contribution in [2.45, 2.75) is 12.0 Å². The minimum absolute atomic E-state index is 0.128. The zero-order valence-corrected chi connectivity index (χ0v) is 12.3. The minimum atomic E-state index is -0.877. The van der Waals surface area contributed by atoms with E-state index in [0.29, 0.717) is 51.3 Å². The lowest BCUT2D eigenvalue weighted by atomic mass is 10.0. The first-order valence-electron chi connectivity index (χ1n) is 6.93. The molecule has 116 valence electrons. The van der Waals surface area contributed by atoms with E-state index in [1.165, 1.54) is 0 Å². The lowest BCUT2D eigenvalue weighted by Gasteiger charge is -2.27. The number of ether oxygens (including phenoxy) is 2. The Hall–Kier alpha value is -1.22. The number of nitrogens with one attached hydrogen (secondary N) is 1. The maximum atomic E-state index is 10.2. The van der Waals surface area contributed by atoms with Crippen LogP contribution in [0.15, 0.2) is 0 Å². The van der Waals surface area contributed by atoms with Crippen molar-refractivity contribution >= 4 is 23.5 Å². The Morgan fingerprint density at radius 3 is 2.71 bits per heavy atom. The normalized spacial score (nSPS) is 26.1. The fraction of sp³-hybridized carbons (Fsp3) is 0.750. The van der Waals surface area contributed by atoms with Crippen molar-refractivity contribution in [3.8, 4) is 0 Å². The molecule has 3 heterocycles. The number of halogens is 1. The summed E-state index contributed by atoms with van der Waals surface area (Å²) in [5, 5.41) is 13.4. The zero-order chi connectivity index (χ0) is 14.7. The summed E-state index contributed by atoms with van der Waals surface area (Å²) in [6, 6.07) is 0. The minimum Gasteiger partial charge on any atom is -0.386 e. The van der Waals surface area contributed by atoms with Crippen molar-refractivity contribution in [3.05, 3.63) is 5.28 Å². The van der Waals surface area contributed by atoms with Gasteiger partial charge in [0.1, 0.15) is 5.60 Å². The number of hydrogen-bond acceptors (Lipinski definition) is 8. The molecule has 0 radical (unpaired) electrons. The van der Waals surface area contributed by atoms with Crippen LogP contribution in [0.2, 0.25) is 5.28 Å². The topological polar surface area (TPSA) is 92.6 Å². The first-order chi connectivity index (χ1) is 10.1. The van der Waals surface area contributed by atoms with Gasteiger partial charge in [-0.25, -0.2) is 0 Å². The van der Waals surface area contributed by atoms with E-state index in [1.807, 2.05) is 4.90 Å². The first kappa shape index (κ1) is 14.7. The maximum Gasteiger partial charge on any atom is 0.231 e. The number of rotatable bonds is 4. The summed E-state index contributed by atoms with van der Waals surface area (Å²) in [4.78, 5) is 14.5. The molecule has 0 amide bonds. The van der Waals surface area contributed by atoms with Crippen LogP contribution < -0.4 is 10.2 Å². The Bertz CT molecular complexity index is 492. The average Bonchev–Trinajstić information content (AvgIpc) is 2.93. The van der Waals surface area contributed by atoms with Crippen molar-refractivity contribution in [1.29, 1.82) is 0 Å². The van der Waals surface area contributed by atoms with Gasteiger partial charge in [0.2, 0.25) is 17.2 Å². The van der Waals surface area contributed by atoms with E-state index in [9.17, 15) is 5.11 Å². The predicted octanol–water partition coefficient (Wildman–Crippen LogP) is -0.0751. The van der Waals surface area contributed by atoms with Gasteiger partial charge in [0, 0.05) is 32.7 Å². The molecule has 8 nitrogen and oxygen atoms in total. The molecule has 3 rings (SSSR count). The molecule has 0 aliphatic carbocycles. The van der Waals surface area contributed by atoms with Gasteiger partial charge in [-0.05, 0) is 11.6 Å². The summed E-state index contributed by atoms with van der Waals surface area (Å²) >= 11 is 5.95. The van der Waals surface area contributed by atoms with Crippen LogP contribution in [0.1, 0.15) is 6.42 Å². The summed E-state index contributed by atoms with van der Waals surface area (Å²) in [7, 11) is 0. The Labute approximate surface area is 127 Å². The third-order valence-corrected chi connectivity index (χ3v) is 3.72. The van der Waals surface area contributed by atoms with Crippen molar-refractivity contribution in [3.63, 3.8) is 0 Å². The first-order valence-corrected chi connectivity index (χ1v) is 7.31. The molecule has 21 heavy (non-hydrogen) atoms. The van der Waals surface area contributed by atoms with Gasteiger partial charge in [-0.1, -0.05) is 0 Å². The summed E-state index contributed by atoms with van der Waals surface area (Å²) in [5.74, 6) is 0.882. The molecule has 2 N–H and O–H groups in total. The van der Waals surface area contributed by atoms with Crippen LogP contribution in [0.3, 0.4) is 0 Å². The van der Waals surface area contributed by atoms with E-state index in [-0.39, 0.29) is 5.28 Å². The average molecular weight is 316 g/mol. The monoisotopic (exact) mass is 315 g/mol. The SMILES string of the molecule is OC1(CNc2nc(Cl)nc(N3CCOCC3)n2)CCOC1. The smallest absolute Gasteiger partial charge is 0.231 e. The molecule has 1 unspecified atom stereocenters. The molecule has 1 aromatic rings. The fourth-order valence-electron chi connectivity index (χ4n) is 2.30. The van der Waals surface area contributed by atoms with Gasteiger partial charge in [-0.3, -0.25) is 0 Å². The highest BCUT2D eigenvalue weighted by atomic mass is 35.5. The van der Waals surface area contributed by atoms with Gasteiger partial charge in [-0.15, -0.1) is 0 Å². The molecule has 1 atom stereocenters. The largest absolute Gasteiger partial charge is 0.386 e. The summed E-state index contributed by atoms with van der Waals surface area (Å²) in [5.41, 5.74) is -0.877. The summed E-state index contributed by atoms with van der Waals surface area (Å²) in [6.45, 7) is 3.92. The molecule has 0 saturated carbocycles. The highest BCUT2D eigenvalue weighted by Gasteiger charge is 2.32. The van der Waals surface area contributed by atoms with Crippen LogP contribution in [0.5, 0.6) is 0 Å². The van der Waals surface area contributed by atoms with Gasteiger partial charge in [0.05, 0.1) is 19.8 Å². The number of nitrogens with zero attached hydrogens (tertiary/aromatic N) is 4. The van der Waals surface area contributed by atoms with Gasteiger partial charge < -0.3 is 24.8 Å². The van der Waals surface area contributed by atoms with Crippen LogP contribution >= 0.6 is 11.6 Å². The van der Waals surface area contributed by atoms with Crippen molar-refractivity contribution in [2.75, 3.05) is 56.3 Å². The van der Waals surface area contributed by atoms with E-state index >= 15 is 0 Å². The molecule has 2 saturated heterocycles. The van der Waals surface area contributed by atoms with Gasteiger partial charge in [-0.2, -0.15) is 15.0 Å². The zero-order valence-electron chi connectivity index (χ0n) is 11.6. The van der Waals surface area contributed by atoms with Crippen LogP contribution in [0, 0.1) is 0 Å². The van der Waals surface area contributed by atoms with Crippen LogP contribution in [0.25, 0.3) is 0 Å². The Morgan fingerprint density at radius 2 is 2.00 bits per heavy atom. The molecule has 2 aliphatic rings. The molecule has 9 heteroatoms. The van der Waals surface area contributed by atoms with Gasteiger partial charge in [0.25, 0.3) is 0 Å². The third-order valence-electron chi connectivity index (χ3n) is 3.55.